The van der Waals surface area contributed by atoms with E-state index < -0.39 is 0 Å². The number of anilines is 4. The van der Waals surface area contributed by atoms with Crippen LogP contribution in [0, 0.1) is 6.57 Å². The average Bonchev–Trinajstić information content (AvgIpc) is 3.33. The molecular weight excluding hydrogens is 436 g/mol. The second kappa shape index (κ2) is 8.92. The molecule has 0 aliphatic heterocycles. The Morgan fingerprint density at radius 3 is 2.51 bits per heavy atom. The molecule has 0 saturated heterocycles. The van der Waals surface area contributed by atoms with Crippen molar-refractivity contribution < 1.29 is 4.42 Å². The molecule has 0 spiro atoms. The maximum absolute atomic E-state index is 7.40. The molecule has 1 aliphatic carbocycles. The van der Waals surface area contributed by atoms with E-state index in [0.29, 0.717) is 5.89 Å². The second-order valence-corrected chi connectivity index (χ2v) is 8.57. The summed E-state index contributed by atoms with van der Waals surface area (Å²) in [4.78, 5) is 17.0. The van der Waals surface area contributed by atoms with Crippen molar-refractivity contribution in [3.8, 4) is 11.5 Å². The van der Waals surface area contributed by atoms with Crippen LogP contribution in [0.3, 0.4) is 0 Å². The van der Waals surface area contributed by atoms with Crippen molar-refractivity contribution in [3.05, 3.63) is 102 Å². The Bertz CT molecular complexity index is 1540. The van der Waals surface area contributed by atoms with Gasteiger partial charge >= 0.3 is 0 Å². The summed E-state index contributed by atoms with van der Waals surface area (Å²) < 4.78 is 6.07. The molecule has 1 aliphatic rings. The molecule has 1 atom stereocenters. The molecule has 0 radical (unpaired) electrons. The predicted octanol–water partition coefficient (Wildman–Crippen LogP) is 6.55. The van der Waals surface area contributed by atoms with Gasteiger partial charge in [-0.05, 0) is 61.0 Å². The highest BCUT2D eigenvalue weighted by Crippen LogP contribution is 2.32. The van der Waals surface area contributed by atoms with Gasteiger partial charge in [-0.1, -0.05) is 0 Å². The first-order chi connectivity index (χ1) is 17.2. The van der Waals surface area contributed by atoms with E-state index in [4.69, 9.17) is 11.0 Å². The van der Waals surface area contributed by atoms with E-state index in [9.17, 15) is 0 Å². The Kier molecular flexibility index (Phi) is 5.32. The van der Waals surface area contributed by atoms with Crippen LogP contribution in [0.5, 0.6) is 0 Å². The Balaban J connectivity index is 1.21. The standard InChI is InChI=1S/C28H22N6O/c1-29-21-6-8-24-23(16-21)25(12-15-31-24)33-19-4-2-18(3-5-19)28-34-26-9-7-22(17-27(26)35-28)32-20-10-13-30-14-11-20/h2-5,7,9-15,17,21H,6,8,16H2,(H,30,32)(H,31,33). The summed E-state index contributed by atoms with van der Waals surface area (Å²) >= 11 is 0. The van der Waals surface area contributed by atoms with E-state index in [2.05, 4.69) is 30.4 Å². The number of pyridine rings is 2. The fourth-order valence-corrected chi connectivity index (χ4v) is 4.43. The molecule has 5 aromatic rings. The molecule has 1 unspecified atom stereocenters. The van der Waals surface area contributed by atoms with Crippen molar-refractivity contribution in [2.45, 2.75) is 25.3 Å². The molecule has 35 heavy (non-hydrogen) atoms. The predicted molar refractivity (Wildman–Crippen MR) is 137 cm³/mol. The molecule has 7 heteroatoms. The number of hydrogen-bond acceptors (Lipinski definition) is 6. The smallest absolute Gasteiger partial charge is 0.228 e. The van der Waals surface area contributed by atoms with Crippen LogP contribution in [0.15, 0.2) is 83.7 Å². The van der Waals surface area contributed by atoms with E-state index in [1.54, 1.807) is 12.4 Å². The van der Waals surface area contributed by atoms with Crippen molar-refractivity contribution in [2.24, 2.45) is 0 Å². The third-order valence-electron chi connectivity index (χ3n) is 6.25. The molecule has 7 nitrogen and oxygen atoms in total. The van der Waals surface area contributed by atoms with Crippen molar-refractivity contribution in [3.63, 3.8) is 0 Å². The van der Waals surface area contributed by atoms with Crippen molar-refractivity contribution in [2.75, 3.05) is 10.6 Å². The fraction of sp³-hybridized carbons (Fsp3) is 0.143. The Morgan fingerprint density at radius 2 is 1.69 bits per heavy atom. The molecular formula is C28H22N6O. The third kappa shape index (κ3) is 4.30. The molecule has 2 aromatic carbocycles. The minimum atomic E-state index is 0.0363. The average molecular weight is 459 g/mol. The van der Waals surface area contributed by atoms with Gasteiger partial charge in [0.1, 0.15) is 5.52 Å². The van der Waals surface area contributed by atoms with Gasteiger partial charge in [0, 0.05) is 70.6 Å². The Morgan fingerprint density at radius 1 is 0.886 bits per heavy atom. The maximum Gasteiger partial charge on any atom is 0.228 e. The summed E-state index contributed by atoms with van der Waals surface area (Å²) in [5.41, 5.74) is 8.54. The van der Waals surface area contributed by atoms with Crippen LogP contribution in [-0.4, -0.2) is 21.0 Å². The van der Waals surface area contributed by atoms with Crippen molar-refractivity contribution in [1.82, 2.24) is 15.0 Å². The first-order valence-corrected chi connectivity index (χ1v) is 11.5. The number of oxazole rings is 1. The van der Waals surface area contributed by atoms with Gasteiger partial charge in [-0.2, -0.15) is 0 Å². The lowest BCUT2D eigenvalue weighted by molar-refractivity contribution is 0.620. The molecule has 0 saturated carbocycles. The van der Waals surface area contributed by atoms with Crippen LogP contribution in [-0.2, 0) is 12.8 Å². The van der Waals surface area contributed by atoms with Crippen LogP contribution in [0.1, 0.15) is 17.7 Å². The van der Waals surface area contributed by atoms with E-state index in [1.165, 1.54) is 0 Å². The quantitative estimate of drug-likeness (QED) is 0.291. The monoisotopic (exact) mass is 458 g/mol. The Hall–Kier alpha value is -4.70. The number of nitrogens with zero attached hydrogens (tertiary/aromatic N) is 4. The van der Waals surface area contributed by atoms with Gasteiger partial charge in [-0.3, -0.25) is 9.97 Å². The lowest BCUT2D eigenvalue weighted by atomic mass is 9.91. The van der Waals surface area contributed by atoms with Crippen molar-refractivity contribution in [1.29, 1.82) is 0 Å². The van der Waals surface area contributed by atoms with E-state index in [1.807, 2.05) is 66.9 Å². The van der Waals surface area contributed by atoms with Crippen LogP contribution >= 0.6 is 0 Å². The summed E-state index contributed by atoms with van der Waals surface area (Å²) in [6.07, 6.45) is 7.82. The van der Waals surface area contributed by atoms with Gasteiger partial charge < -0.3 is 19.9 Å². The topological polar surface area (TPSA) is 80.2 Å². The number of benzene rings is 2. The highest BCUT2D eigenvalue weighted by atomic mass is 16.3. The van der Waals surface area contributed by atoms with Crippen LogP contribution in [0.2, 0.25) is 0 Å². The minimum absolute atomic E-state index is 0.0363. The molecule has 0 bridgehead atoms. The highest BCUT2D eigenvalue weighted by molar-refractivity contribution is 5.81. The number of aryl methyl sites for hydroxylation is 1. The van der Waals surface area contributed by atoms with Crippen molar-refractivity contribution >= 4 is 33.8 Å². The van der Waals surface area contributed by atoms with Crippen LogP contribution in [0.25, 0.3) is 27.4 Å². The van der Waals surface area contributed by atoms with Gasteiger partial charge in [0.05, 0.1) is 6.42 Å². The van der Waals surface area contributed by atoms with E-state index in [0.717, 1.165) is 69.9 Å². The van der Waals surface area contributed by atoms with Crippen LogP contribution in [0.4, 0.5) is 22.7 Å². The molecule has 3 heterocycles. The third-order valence-corrected chi connectivity index (χ3v) is 6.25. The summed E-state index contributed by atoms with van der Waals surface area (Å²) in [6, 6.07) is 19.8. The molecule has 2 N–H and O–H groups in total. The number of rotatable bonds is 5. The summed E-state index contributed by atoms with van der Waals surface area (Å²) in [5.74, 6) is 0.578. The molecule has 0 amide bonds. The largest absolute Gasteiger partial charge is 0.436 e. The fourth-order valence-electron chi connectivity index (χ4n) is 4.43. The highest BCUT2D eigenvalue weighted by Gasteiger charge is 2.25. The van der Waals surface area contributed by atoms with Gasteiger partial charge in [-0.25, -0.2) is 11.6 Å². The zero-order valence-electron chi connectivity index (χ0n) is 18.9. The Labute approximate surface area is 202 Å². The first-order valence-electron chi connectivity index (χ1n) is 11.5. The van der Waals surface area contributed by atoms with Crippen LogP contribution < -0.4 is 10.6 Å². The van der Waals surface area contributed by atoms with Gasteiger partial charge in [0.15, 0.2) is 5.58 Å². The minimum Gasteiger partial charge on any atom is -0.436 e. The number of nitrogens with one attached hydrogen (secondary N) is 2. The second-order valence-electron chi connectivity index (χ2n) is 8.57. The SMILES string of the molecule is [C-]#[N+]C1CCc2nccc(Nc3ccc(-c4nc5ccc(Nc6ccncc6)cc5o4)cc3)c2C1. The molecule has 0 fully saturated rings. The summed E-state index contributed by atoms with van der Waals surface area (Å²) in [7, 11) is 0. The summed E-state index contributed by atoms with van der Waals surface area (Å²) in [5, 5.41) is 6.85. The molecule has 3 aromatic heterocycles. The first kappa shape index (κ1) is 20.9. The van der Waals surface area contributed by atoms with E-state index >= 15 is 0 Å². The van der Waals surface area contributed by atoms with Gasteiger partial charge in [0.25, 0.3) is 0 Å². The molecule has 6 rings (SSSR count). The maximum atomic E-state index is 7.40. The summed E-state index contributed by atoms with van der Waals surface area (Å²) in [6.45, 7) is 7.40. The normalized spacial score (nSPS) is 14.8. The number of fused-ring (bicyclic) bond motifs is 2. The zero-order valence-corrected chi connectivity index (χ0v) is 18.9. The number of hydrogen-bond donors (Lipinski definition) is 2. The lowest BCUT2D eigenvalue weighted by Gasteiger charge is -2.20. The van der Waals surface area contributed by atoms with E-state index in [-0.39, 0.29) is 6.04 Å². The van der Waals surface area contributed by atoms with Gasteiger partial charge in [-0.15, -0.1) is 0 Å². The zero-order chi connectivity index (χ0) is 23.6. The lowest BCUT2D eigenvalue weighted by Crippen LogP contribution is -2.18. The molecule has 170 valence electrons. The van der Waals surface area contributed by atoms with Gasteiger partial charge in [0.2, 0.25) is 11.9 Å². The number of aromatic nitrogens is 3.